The van der Waals surface area contributed by atoms with E-state index in [1.54, 1.807) is 42.5 Å². The van der Waals surface area contributed by atoms with E-state index in [0.29, 0.717) is 0 Å². The highest BCUT2D eigenvalue weighted by Crippen LogP contribution is 2.24. The van der Waals surface area contributed by atoms with Crippen LogP contribution in [0.5, 0.6) is 5.75 Å². The molecule has 0 unspecified atom stereocenters. The molecule has 0 saturated heterocycles. The summed E-state index contributed by atoms with van der Waals surface area (Å²) in [7, 11) is 2.80. The van der Waals surface area contributed by atoms with Crippen LogP contribution in [0, 0.1) is 0 Å². The van der Waals surface area contributed by atoms with Crippen molar-refractivity contribution >= 4 is 31.8 Å². The lowest BCUT2D eigenvalue weighted by atomic mass is 10.3. The zero-order valence-corrected chi connectivity index (χ0v) is 11.5. The van der Waals surface area contributed by atoms with Gasteiger partial charge in [0.2, 0.25) is 0 Å². The highest BCUT2D eigenvalue weighted by molar-refractivity contribution is 8.21. The fraction of sp³-hybridized carbons (Fsp3) is 0. The van der Waals surface area contributed by atoms with Crippen molar-refractivity contribution in [1.29, 1.82) is 0 Å². The normalized spacial score (nSPS) is 11.2. The van der Waals surface area contributed by atoms with Crippen molar-refractivity contribution in [2.24, 2.45) is 0 Å². The topological polar surface area (TPSA) is 43.4 Å². The van der Waals surface area contributed by atoms with E-state index in [-0.39, 0.29) is 10.6 Å². The molecule has 0 fully saturated rings. The van der Waals surface area contributed by atoms with Gasteiger partial charge >= 0.3 is 10.1 Å². The summed E-state index contributed by atoms with van der Waals surface area (Å²) in [5.41, 5.74) is 0. The van der Waals surface area contributed by atoms with Crippen LogP contribution in [-0.2, 0) is 10.1 Å². The van der Waals surface area contributed by atoms with Crippen LogP contribution in [0.4, 0.5) is 0 Å². The Balaban J connectivity index is 2.25. The highest BCUT2D eigenvalue weighted by atomic mass is 35.7. The molecule has 2 rings (SSSR count). The summed E-state index contributed by atoms with van der Waals surface area (Å²) in [4.78, 5) is 0.871. The van der Waals surface area contributed by atoms with E-state index in [1.165, 1.54) is 12.1 Å². The first-order valence-corrected chi connectivity index (χ1v) is 8.05. The van der Waals surface area contributed by atoms with Crippen molar-refractivity contribution < 1.29 is 12.6 Å². The van der Waals surface area contributed by atoms with Crippen LogP contribution in [-0.4, -0.2) is 8.42 Å². The van der Waals surface area contributed by atoms with Crippen molar-refractivity contribution in [1.82, 2.24) is 0 Å². The second-order valence-electron chi connectivity index (χ2n) is 3.40. The quantitative estimate of drug-likeness (QED) is 0.808. The maximum atomic E-state index is 11.9. The van der Waals surface area contributed by atoms with Crippen molar-refractivity contribution in [2.45, 2.75) is 9.79 Å². The molecular weight excluding hydrogens is 292 g/mol. The Morgan fingerprint density at radius 1 is 0.944 bits per heavy atom. The highest BCUT2D eigenvalue weighted by Gasteiger charge is 2.16. The van der Waals surface area contributed by atoms with Gasteiger partial charge in [-0.1, -0.05) is 18.2 Å². The Hall–Kier alpha value is -1.17. The second-order valence-corrected chi connectivity index (χ2v) is 6.03. The predicted octanol–water partition coefficient (Wildman–Crippen LogP) is 3.70. The number of hydrogen-bond acceptors (Lipinski definition) is 4. The standard InChI is InChI=1S/C12H9ClO3S2/c13-17-11-6-8-12(9-7-11)18(14,15)16-10-4-2-1-3-5-10/h1-9H. The fourth-order valence-corrected chi connectivity index (χ4v) is 2.79. The van der Waals surface area contributed by atoms with Crippen LogP contribution in [0.3, 0.4) is 0 Å². The van der Waals surface area contributed by atoms with Crippen molar-refractivity contribution in [3.63, 3.8) is 0 Å². The fourth-order valence-electron chi connectivity index (χ4n) is 1.31. The van der Waals surface area contributed by atoms with Gasteiger partial charge < -0.3 is 4.18 Å². The zero-order valence-electron chi connectivity index (χ0n) is 9.12. The maximum Gasteiger partial charge on any atom is 0.339 e. The van der Waals surface area contributed by atoms with Crippen molar-refractivity contribution in [3.05, 3.63) is 54.6 Å². The second kappa shape index (κ2) is 5.65. The van der Waals surface area contributed by atoms with Gasteiger partial charge in [-0.25, -0.2) is 0 Å². The predicted molar refractivity (Wildman–Crippen MR) is 72.4 cm³/mol. The molecular formula is C12H9ClO3S2. The van der Waals surface area contributed by atoms with Gasteiger partial charge in [-0.2, -0.15) is 8.42 Å². The number of hydrogen-bond donors (Lipinski definition) is 0. The molecule has 2 aromatic carbocycles. The third-order valence-electron chi connectivity index (χ3n) is 2.15. The van der Waals surface area contributed by atoms with Crippen LogP contribution in [0.2, 0.25) is 0 Å². The Labute approximate surface area is 114 Å². The molecule has 0 aliphatic carbocycles. The van der Waals surface area contributed by atoms with Gasteiger partial charge in [0.25, 0.3) is 0 Å². The Kier molecular flexibility index (Phi) is 4.16. The van der Waals surface area contributed by atoms with Gasteiger partial charge in [0.05, 0.1) is 0 Å². The first-order chi connectivity index (χ1) is 8.62. The first kappa shape index (κ1) is 13.3. The van der Waals surface area contributed by atoms with E-state index < -0.39 is 10.1 Å². The van der Waals surface area contributed by atoms with E-state index in [9.17, 15) is 8.42 Å². The SMILES string of the molecule is O=S(=O)(Oc1ccccc1)c1ccc(SCl)cc1. The van der Waals surface area contributed by atoms with Crippen LogP contribution in [0.1, 0.15) is 0 Å². The zero-order chi connectivity index (χ0) is 13.0. The minimum atomic E-state index is -3.79. The van der Waals surface area contributed by atoms with Gasteiger partial charge in [-0.15, -0.1) is 0 Å². The Morgan fingerprint density at radius 2 is 1.56 bits per heavy atom. The summed E-state index contributed by atoms with van der Waals surface area (Å²) in [6.07, 6.45) is 0. The monoisotopic (exact) mass is 300 g/mol. The molecule has 0 aromatic heterocycles. The summed E-state index contributed by atoms with van der Waals surface area (Å²) in [6, 6.07) is 14.5. The molecule has 0 heterocycles. The van der Waals surface area contributed by atoms with E-state index in [2.05, 4.69) is 0 Å². The Bertz CT molecular complexity index is 610. The molecule has 0 aliphatic heterocycles. The van der Waals surface area contributed by atoms with Crippen LogP contribution in [0.15, 0.2) is 64.4 Å². The molecule has 18 heavy (non-hydrogen) atoms. The largest absolute Gasteiger partial charge is 0.379 e. The van der Waals surface area contributed by atoms with Gasteiger partial charge in [0.1, 0.15) is 10.6 Å². The summed E-state index contributed by atoms with van der Waals surface area (Å²) >= 11 is 0. The number of halogens is 1. The maximum absolute atomic E-state index is 11.9. The Morgan fingerprint density at radius 3 is 2.11 bits per heavy atom. The average Bonchev–Trinajstić information content (AvgIpc) is 2.39. The molecule has 3 nitrogen and oxygen atoms in total. The van der Waals surface area contributed by atoms with Gasteiger partial charge in [-0.05, 0) is 58.1 Å². The molecule has 6 heteroatoms. The molecule has 0 bridgehead atoms. The summed E-state index contributed by atoms with van der Waals surface area (Å²) in [5, 5.41) is 0. The molecule has 0 radical (unpaired) electrons. The molecule has 0 atom stereocenters. The molecule has 94 valence electrons. The van der Waals surface area contributed by atoms with E-state index in [1.807, 2.05) is 0 Å². The summed E-state index contributed by atoms with van der Waals surface area (Å²) < 4.78 is 28.9. The van der Waals surface area contributed by atoms with Crippen LogP contribution >= 0.6 is 21.7 Å². The molecule has 0 N–H and O–H groups in total. The molecule has 0 spiro atoms. The first-order valence-electron chi connectivity index (χ1n) is 5.00. The third-order valence-corrected chi connectivity index (χ3v) is 4.40. The lowest BCUT2D eigenvalue weighted by molar-refractivity contribution is 0.486. The number of para-hydroxylation sites is 1. The van der Waals surface area contributed by atoms with Gasteiger partial charge in [0.15, 0.2) is 0 Å². The van der Waals surface area contributed by atoms with Crippen molar-refractivity contribution in [3.8, 4) is 5.75 Å². The van der Waals surface area contributed by atoms with E-state index in [4.69, 9.17) is 14.9 Å². The molecule has 0 amide bonds. The average molecular weight is 301 g/mol. The van der Waals surface area contributed by atoms with E-state index >= 15 is 0 Å². The number of benzene rings is 2. The molecule has 2 aromatic rings. The smallest absolute Gasteiger partial charge is 0.339 e. The van der Waals surface area contributed by atoms with Gasteiger partial charge in [0, 0.05) is 4.90 Å². The lowest BCUT2D eigenvalue weighted by Gasteiger charge is -2.06. The molecule has 0 aliphatic rings. The molecule has 0 saturated carbocycles. The lowest BCUT2D eigenvalue weighted by Crippen LogP contribution is -2.09. The number of rotatable bonds is 4. The third kappa shape index (κ3) is 3.19. The van der Waals surface area contributed by atoms with Gasteiger partial charge in [-0.3, -0.25) is 0 Å². The van der Waals surface area contributed by atoms with Crippen molar-refractivity contribution in [2.75, 3.05) is 0 Å². The van der Waals surface area contributed by atoms with Crippen LogP contribution < -0.4 is 4.18 Å². The van der Waals surface area contributed by atoms with E-state index in [0.717, 1.165) is 15.9 Å². The minimum Gasteiger partial charge on any atom is -0.379 e. The summed E-state index contributed by atoms with van der Waals surface area (Å²) in [5.74, 6) is 0.285. The van der Waals surface area contributed by atoms with Crippen LogP contribution in [0.25, 0.3) is 0 Å². The summed E-state index contributed by atoms with van der Waals surface area (Å²) in [6.45, 7) is 0. The minimum absolute atomic E-state index is 0.0980.